The van der Waals surface area contributed by atoms with E-state index in [4.69, 9.17) is 0 Å². The number of imide groups is 1. The highest BCUT2D eigenvalue weighted by molar-refractivity contribution is 8.03. The lowest BCUT2D eigenvalue weighted by atomic mass is 10.0. The van der Waals surface area contributed by atoms with Crippen molar-refractivity contribution in [3.05, 3.63) is 112 Å². The van der Waals surface area contributed by atoms with E-state index in [9.17, 15) is 9.59 Å². The summed E-state index contributed by atoms with van der Waals surface area (Å²) in [6.45, 7) is 4.46. The second kappa shape index (κ2) is 9.36. The molecule has 0 aromatic heterocycles. The standard InChI is InChI=1S/C27H25NO2S/c1-19-13-14-23(17-20(19)2)24-25(31-18-22-11-7-4-8-12-22)27(30)28(26(24)29)16-15-21-9-5-3-6-10-21/h3-14,17H,15-16,18H2,1-2H3. The topological polar surface area (TPSA) is 37.4 Å². The number of carbonyl (C=O) groups excluding carboxylic acids is 2. The first-order valence-corrected chi connectivity index (χ1v) is 11.4. The van der Waals surface area contributed by atoms with Crippen LogP contribution in [0.3, 0.4) is 0 Å². The largest absolute Gasteiger partial charge is 0.274 e. The van der Waals surface area contributed by atoms with E-state index in [2.05, 4.69) is 0 Å². The van der Waals surface area contributed by atoms with Crippen molar-refractivity contribution in [2.45, 2.75) is 26.0 Å². The van der Waals surface area contributed by atoms with Crippen molar-refractivity contribution in [1.29, 1.82) is 0 Å². The van der Waals surface area contributed by atoms with E-state index in [0.717, 1.165) is 22.3 Å². The van der Waals surface area contributed by atoms with Crippen LogP contribution in [-0.4, -0.2) is 23.3 Å². The van der Waals surface area contributed by atoms with Gasteiger partial charge in [0.2, 0.25) is 0 Å². The first-order chi connectivity index (χ1) is 15.0. The van der Waals surface area contributed by atoms with Gasteiger partial charge in [-0.2, -0.15) is 0 Å². The molecule has 1 aliphatic rings. The molecular weight excluding hydrogens is 402 g/mol. The number of thioether (sulfide) groups is 1. The third-order valence-corrected chi connectivity index (χ3v) is 6.76. The maximum atomic E-state index is 13.4. The van der Waals surface area contributed by atoms with Crippen molar-refractivity contribution in [2.24, 2.45) is 0 Å². The normalized spacial score (nSPS) is 13.9. The van der Waals surface area contributed by atoms with Gasteiger partial charge in [-0.25, -0.2) is 0 Å². The Hall–Kier alpha value is -3.11. The third-order valence-electron chi connectivity index (χ3n) is 5.61. The number of rotatable bonds is 7. The van der Waals surface area contributed by atoms with Crippen LogP contribution in [0.25, 0.3) is 5.57 Å². The Labute approximate surface area is 187 Å². The van der Waals surface area contributed by atoms with Crippen LogP contribution in [-0.2, 0) is 21.8 Å². The van der Waals surface area contributed by atoms with Crippen LogP contribution < -0.4 is 0 Å². The monoisotopic (exact) mass is 427 g/mol. The molecule has 2 amide bonds. The number of hydrogen-bond donors (Lipinski definition) is 0. The van der Waals surface area contributed by atoms with Gasteiger partial charge < -0.3 is 0 Å². The molecule has 0 radical (unpaired) electrons. The minimum absolute atomic E-state index is 0.185. The number of amides is 2. The van der Waals surface area contributed by atoms with Crippen LogP contribution in [0.2, 0.25) is 0 Å². The van der Waals surface area contributed by atoms with Gasteiger partial charge in [0.25, 0.3) is 11.8 Å². The quantitative estimate of drug-likeness (QED) is 0.463. The smallest absolute Gasteiger partial charge is 0.268 e. The Bertz CT molecular complexity index is 1140. The van der Waals surface area contributed by atoms with Crippen LogP contribution in [0.5, 0.6) is 0 Å². The number of carbonyl (C=O) groups is 2. The van der Waals surface area contributed by atoms with Crippen LogP contribution in [0.1, 0.15) is 27.8 Å². The summed E-state index contributed by atoms with van der Waals surface area (Å²) in [4.78, 5) is 28.7. The van der Waals surface area contributed by atoms with E-state index >= 15 is 0 Å². The summed E-state index contributed by atoms with van der Waals surface area (Å²) in [5.74, 6) is 0.269. The van der Waals surface area contributed by atoms with Crippen molar-refractivity contribution in [1.82, 2.24) is 4.90 Å². The molecule has 156 valence electrons. The van der Waals surface area contributed by atoms with E-state index < -0.39 is 0 Å². The van der Waals surface area contributed by atoms with E-state index in [1.165, 1.54) is 22.2 Å². The van der Waals surface area contributed by atoms with E-state index in [1.807, 2.05) is 92.7 Å². The van der Waals surface area contributed by atoms with Crippen LogP contribution in [0.15, 0.2) is 83.8 Å². The molecule has 0 fully saturated rings. The van der Waals surface area contributed by atoms with Crippen molar-refractivity contribution < 1.29 is 9.59 Å². The predicted molar refractivity (Wildman–Crippen MR) is 127 cm³/mol. The van der Waals surface area contributed by atoms with Gasteiger partial charge in [0, 0.05) is 12.3 Å². The molecule has 3 nitrogen and oxygen atoms in total. The molecule has 0 unspecified atom stereocenters. The van der Waals surface area contributed by atoms with Crippen LogP contribution in [0, 0.1) is 13.8 Å². The summed E-state index contributed by atoms with van der Waals surface area (Å²) in [5, 5.41) is 0. The summed E-state index contributed by atoms with van der Waals surface area (Å²) in [6, 6.07) is 26.0. The lowest BCUT2D eigenvalue weighted by Gasteiger charge is -2.15. The molecule has 0 saturated carbocycles. The van der Waals surface area contributed by atoms with E-state index in [1.54, 1.807) is 0 Å². The van der Waals surface area contributed by atoms with Crippen molar-refractivity contribution in [3.63, 3.8) is 0 Å². The lowest BCUT2D eigenvalue weighted by molar-refractivity contribution is -0.136. The molecule has 0 spiro atoms. The van der Waals surface area contributed by atoms with Crippen LogP contribution in [0.4, 0.5) is 0 Å². The number of nitrogens with zero attached hydrogens (tertiary/aromatic N) is 1. The molecule has 31 heavy (non-hydrogen) atoms. The van der Waals surface area contributed by atoms with Gasteiger partial charge in [-0.05, 0) is 48.1 Å². The number of benzene rings is 3. The fourth-order valence-corrected chi connectivity index (χ4v) is 4.74. The van der Waals surface area contributed by atoms with Crippen LogP contribution >= 0.6 is 11.8 Å². The summed E-state index contributed by atoms with van der Waals surface area (Å²) in [6.07, 6.45) is 0.648. The van der Waals surface area contributed by atoms with Gasteiger partial charge in [-0.3, -0.25) is 14.5 Å². The maximum Gasteiger partial charge on any atom is 0.268 e. The third kappa shape index (κ3) is 4.64. The van der Waals surface area contributed by atoms with Crippen molar-refractivity contribution in [3.8, 4) is 0 Å². The molecule has 1 aliphatic heterocycles. The average Bonchev–Trinajstić information content (AvgIpc) is 3.03. The molecule has 0 aliphatic carbocycles. The molecule has 0 atom stereocenters. The molecule has 3 aromatic carbocycles. The fraction of sp³-hybridized carbons (Fsp3) is 0.185. The minimum Gasteiger partial charge on any atom is -0.274 e. The molecule has 3 aromatic rings. The summed E-state index contributed by atoms with van der Waals surface area (Å²) >= 11 is 1.45. The van der Waals surface area contributed by atoms with Gasteiger partial charge in [-0.15, -0.1) is 11.8 Å². The van der Waals surface area contributed by atoms with Gasteiger partial charge in [0.15, 0.2) is 0 Å². The first kappa shape index (κ1) is 21.1. The molecule has 1 heterocycles. The second-order valence-corrected chi connectivity index (χ2v) is 8.76. The molecule has 0 N–H and O–H groups in total. The van der Waals surface area contributed by atoms with Gasteiger partial charge in [0.1, 0.15) is 0 Å². The Morgan fingerprint density at radius 1 is 0.742 bits per heavy atom. The molecular formula is C27H25NO2S. The Kier molecular flexibility index (Phi) is 6.38. The molecule has 4 heteroatoms. The zero-order valence-corrected chi connectivity index (χ0v) is 18.6. The highest BCUT2D eigenvalue weighted by atomic mass is 32.2. The lowest BCUT2D eigenvalue weighted by Crippen LogP contribution is -2.33. The number of aryl methyl sites for hydroxylation is 2. The second-order valence-electron chi connectivity index (χ2n) is 7.77. The van der Waals surface area contributed by atoms with E-state index in [0.29, 0.717) is 29.2 Å². The zero-order valence-electron chi connectivity index (χ0n) is 17.8. The van der Waals surface area contributed by atoms with Crippen molar-refractivity contribution >= 4 is 29.1 Å². The molecule has 0 bridgehead atoms. The molecule has 0 saturated heterocycles. The SMILES string of the molecule is Cc1ccc(C2=C(SCc3ccccc3)C(=O)N(CCc3ccccc3)C2=O)cc1C. The summed E-state index contributed by atoms with van der Waals surface area (Å²) < 4.78 is 0. The summed E-state index contributed by atoms with van der Waals surface area (Å²) in [5.41, 5.74) is 5.87. The minimum atomic E-state index is -0.195. The zero-order chi connectivity index (χ0) is 21.8. The average molecular weight is 428 g/mol. The predicted octanol–water partition coefficient (Wildman–Crippen LogP) is 5.56. The van der Waals surface area contributed by atoms with Gasteiger partial charge >= 0.3 is 0 Å². The van der Waals surface area contributed by atoms with Gasteiger partial charge in [-0.1, -0.05) is 78.9 Å². The molecule has 4 rings (SSSR count). The van der Waals surface area contributed by atoms with Crippen molar-refractivity contribution in [2.75, 3.05) is 6.54 Å². The maximum absolute atomic E-state index is 13.4. The highest BCUT2D eigenvalue weighted by Crippen LogP contribution is 2.38. The Morgan fingerprint density at radius 3 is 2.03 bits per heavy atom. The number of hydrogen-bond acceptors (Lipinski definition) is 3. The summed E-state index contributed by atoms with van der Waals surface area (Å²) in [7, 11) is 0. The Balaban J connectivity index is 1.63. The van der Waals surface area contributed by atoms with E-state index in [-0.39, 0.29) is 11.8 Å². The highest BCUT2D eigenvalue weighted by Gasteiger charge is 2.38. The van der Waals surface area contributed by atoms with Gasteiger partial charge in [0.05, 0.1) is 10.5 Å². The first-order valence-electron chi connectivity index (χ1n) is 10.4. The fourth-order valence-electron chi connectivity index (χ4n) is 3.66. The Morgan fingerprint density at radius 2 is 1.39 bits per heavy atom.